The van der Waals surface area contributed by atoms with Crippen LogP contribution in [-0.2, 0) is 4.74 Å². The van der Waals surface area contributed by atoms with Crippen molar-refractivity contribution in [3.8, 4) is 23.3 Å². The molecule has 36 heavy (non-hydrogen) atoms. The summed E-state index contributed by atoms with van der Waals surface area (Å²) in [4.78, 5) is 18.0. The largest absolute Gasteiger partial charge is 0.508 e. The average molecular weight is 503 g/mol. The highest BCUT2D eigenvalue weighted by atomic mass is 32.1. The van der Waals surface area contributed by atoms with Gasteiger partial charge < -0.3 is 25.4 Å². The lowest BCUT2D eigenvalue weighted by atomic mass is 9.81. The third-order valence-corrected chi connectivity index (χ3v) is 7.02. The van der Waals surface area contributed by atoms with Crippen molar-refractivity contribution < 1.29 is 19.7 Å². The van der Waals surface area contributed by atoms with Gasteiger partial charge in [-0.05, 0) is 49.2 Å². The van der Waals surface area contributed by atoms with Crippen molar-refractivity contribution in [1.29, 1.82) is 5.26 Å². The Morgan fingerprint density at radius 3 is 2.69 bits per heavy atom. The molecular weight excluding hydrogens is 480 g/mol. The van der Waals surface area contributed by atoms with E-state index in [-0.39, 0.29) is 28.8 Å². The van der Waals surface area contributed by atoms with Crippen LogP contribution in [0, 0.1) is 11.3 Å². The van der Waals surface area contributed by atoms with Gasteiger partial charge in [0.2, 0.25) is 5.90 Å². The highest BCUT2D eigenvalue weighted by Gasteiger charge is 2.39. The molecule has 0 saturated carbocycles. The van der Waals surface area contributed by atoms with Crippen LogP contribution in [0.4, 0.5) is 5.69 Å². The van der Waals surface area contributed by atoms with Crippen LogP contribution in [-0.4, -0.2) is 33.9 Å². The average Bonchev–Trinajstić information content (AvgIpc) is 3.17. The number of thiazole rings is 1. The van der Waals surface area contributed by atoms with Crippen LogP contribution in [0.3, 0.4) is 0 Å². The first-order valence-corrected chi connectivity index (χ1v) is 12.1. The highest BCUT2D eigenvalue weighted by molar-refractivity contribution is 7.07. The monoisotopic (exact) mass is 502 g/mol. The fraction of sp³-hybridized carbons (Fsp3) is 0.192. The maximum atomic E-state index is 13.5. The van der Waals surface area contributed by atoms with Crippen molar-refractivity contribution in [3.63, 3.8) is 0 Å². The molecule has 0 radical (unpaired) electrons. The molecule has 3 heterocycles. The zero-order chi connectivity index (χ0) is 25.6. The molecule has 9 nitrogen and oxygen atoms in total. The molecule has 5 rings (SSSR count). The van der Waals surface area contributed by atoms with Gasteiger partial charge in [0.25, 0.3) is 5.56 Å². The Kier molecular flexibility index (Phi) is 5.78. The van der Waals surface area contributed by atoms with Crippen LogP contribution in [0.1, 0.15) is 30.9 Å². The second-order valence-corrected chi connectivity index (χ2v) is 9.10. The summed E-state index contributed by atoms with van der Waals surface area (Å²) < 4.78 is 13.3. The van der Waals surface area contributed by atoms with E-state index in [2.05, 4.69) is 11.1 Å². The summed E-state index contributed by atoms with van der Waals surface area (Å²) >= 11 is 1.15. The van der Waals surface area contributed by atoms with Gasteiger partial charge in [0.15, 0.2) is 11.5 Å². The summed E-state index contributed by atoms with van der Waals surface area (Å²) in [7, 11) is 0. The van der Waals surface area contributed by atoms with E-state index in [0.717, 1.165) is 11.3 Å². The molecule has 2 aliphatic rings. The van der Waals surface area contributed by atoms with E-state index < -0.39 is 5.92 Å². The molecule has 3 aromatic rings. The summed E-state index contributed by atoms with van der Waals surface area (Å²) in [6.45, 7) is 4.28. The number of hydrogen-bond donors (Lipinski definition) is 3. The molecule has 10 heteroatoms. The SMILES string of the molecule is CCOC1=Nc2cc(O)ccc2C2C1=C(N)n1c(s/c(=C\c3ccc(O)c(OCC)c3)c1=O)=C2C#N. The lowest BCUT2D eigenvalue weighted by molar-refractivity contribution is 0.318. The lowest BCUT2D eigenvalue weighted by Crippen LogP contribution is -2.40. The first-order chi connectivity index (χ1) is 17.4. The van der Waals surface area contributed by atoms with Gasteiger partial charge in [0.1, 0.15) is 16.2 Å². The highest BCUT2D eigenvalue weighted by Crippen LogP contribution is 2.45. The van der Waals surface area contributed by atoms with E-state index in [0.29, 0.717) is 56.1 Å². The summed E-state index contributed by atoms with van der Waals surface area (Å²) in [6, 6.07) is 11.8. The standard InChI is InChI=1S/C26H22N4O5S/c1-3-34-19-9-13(5-8-18(19)32)10-20-25(33)30-23(28)22-21(16(12-27)26(30)36-20)15-7-6-14(31)11-17(15)29-24(22)35-4-2/h5-11,21,31-32H,3-4,28H2,1-2H3/b20-10-. The maximum absolute atomic E-state index is 13.5. The molecule has 0 amide bonds. The van der Waals surface area contributed by atoms with E-state index in [1.54, 1.807) is 31.2 Å². The fourth-order valence-electron chi connectivity index (χ4n) is 4.41. The number of nitriles is 1. The zero-order valence-electron chi connectivity index (χ0n) is 19.5. The summed E-state index contributed by atoms with van der Waals surface area (Å²) in [5.41, 5.74) is 8.75. The molecule has 1 unspecified atom stereocenters. The quantitative estimate of drug-likeness (QED) is 0.496. The van der Waals surface area contributed by atoms with Gasteiger partial charge >= 0.3 is 0 Å². The first kappa shape index (κ1) is 23.3. The van der Waals surface area contributed by atoms with Crippen LogP contribution in [0.2, 0.25) is 0 Å². The summed E-state index contributed by atoms with van der Waals surface area (Å²) in [5.74, 6) is 0.0902. The van der Waals surface area contributed by atoms with Crippen molar-refractivity contribution in [2.75, 3.05) is 13.2 Å². The van der Waals surface area contributed by atoms with Gasteiger partial charge in [-0.25, -0.2) is 4.99 Å². The predicted octanol–water partition coefficient (Wildman–Crippen LogP) is 2.23. The van der Waals surface area contributed by atoms with E-state index in [1.807, 2.05) is 6.92 Å². The Bertz CT molecular complexity index is 1690. The van der Waals surface area contributed by atoms with Crippen LogP contribution in [0.25, 0.3) is 17.5 Å². The van der Waals surface area contributed by atoms with E-state index >= 15 is 0 Å². The molecule has 1 aromatic heterocycles. The summed E-state index contributed by atoms with van der Waals surface area (Å²) in [5, 5.41) is 30.2. The van der Waals surface area contributed by atoms with Crippen molar-refractivity contribution >= 4 is 40.4 Å². The number of nitrogens with zero attached hydrogens (tertiary/aromatic N) is 3. The molecular formula is C26H22N4O5S. The molecule has 0 saturated heterocycles. The molecule has 0 spiro atoms. The first-order valence-electron chi connectivity index (χ1n) is 11.3. The molecule has 4 N–H and O–H groups in total. The summed E-state index contributed by atoms with van der Waals surface area (Å²) in [6.07, 6.45) is 1.67. The zero-order valence-corrected chi connectivity index (χ0v) is 20.3. The number of fused-ring (bicyclic) bond motifs is 4. The Labute approximate surface area is 209 Å². The minimum Gasteiger partial charge on any atom is -0.508 e. The van der Waals surface area contributed by atoms with Gasteiger partial charge in [-0.1, -0.05) is 12.1 Å². The maximum Gasteiger partial charge on any atom is 0.274 e. The molecule has 182 valence electrons. The van der Waals surface area contributed by atoms with Crippen LogP contribution < -0.4 is 25.2 Å². The van der Waals surface area contributed by atoms with Crippen LogP contribution in [0.5, 0.6) is 17.2 Å². The van der Waals surface area contributed by atoms with Crippen molar-refractivity contribution in [2.45, 2.75) is 19.8 Å². The number of aromatic nitrogens is 1. The number of benzene rings is 2. The topological polar surface area (TPSA) is 143 Å². The molecule has 0 fully saturated rings. The van der Waals surface area contributed by atoms with Crippen LogP contribution >= 0.6 is 11.3 Å². The van der Waals surface area contributed by atoms with E-state index in [9.17, 15) is 20.3 Å². The van der Waals surface area contributed by atoms with Crippen molar-refractivity contribution in [3.05, 3.63) is 72.6 Å². The number of ether oxygens (including phenoxy) is 2. The van der Waals surface area contributed by atoms with Crippen LogP contribution in [0.15, 0.2) is 51.8 Å². The minimum absolute atomic E-state index is 0.00166. The Morgan fingerprint density at radius 2 is 1.97 bits per heavy atom. The second kappa shape index (κ2) is 8.94. The second-order valence-electron chi connectivity index (χ2n) is 8.07. The Hall–Kier alpha value is -4.49. The third-order valence-electron chi connectivity index (χ3n) is 5.91. The normalized spacial score (nSPS) is 16.6. The predicted molar refractivity (Wildman–Crippen MR) is 137 cm³/mol. The number of rotatable bonds is 4. The van der Waals surface area contributed by atoms with Crippen molar-refractivity contribution in [1.82, 2.24) is 4.57 Å². The molecule has 2 aliphatic heterocycles. The van der Waals surface area contributed by atoms with E-state index in [1.165, 1.54) is 22.8 Å². The fourth-order valence-corrected chi connectivity index (χ4v) is 5.53. The van der Waals surface area contributed by atoms with Gasteiger partial charge in [-0.15, -0.1) is 11.3 Å². The molecule has 0 bridgehead atoms. The van der Waals surface area contributed by atoms with Gasteiger partial charge in [-0.2, -0.15) is 5.26 Å². The molecule has 1 atom stereocenters. The number of phenols is 2. The smallest absolute Gasteiger partial charge is 0.274 e. The van der Waals surface area contributed by atoms with E-state index in [4.69, 9.17) is 15.2 Å². The Balaban J connectivity index is 1.79. The number of hydrogen-bond acceptors (Lipinski definition) is 9. The number of phenolic OH excluding ortho intramolecular Hbond substituents is 2. The number of aliphatic imine (C=N–C) groups is 1. The third kappa shape index (κ3) is 3.61. The van der Waals surface area contributed by atoms with Gasteiger partial charge in [-0.3, -0.25) is 9.36 Å². The molecule has 0 aliphatic carbocycles. The number of aromatic hydroxyl groups is 2. The minimum atomic E-state index is -0.603. The molecule has 2 aromatic carbocycles. The Morgan fingerprint density at radius 1 is 1.19 bits per heavy atom. The van der Waals surface area contributed by atoms with Gasteiger partial charge in [0.05, 0.1) is 46.6 Å². The van der Waals surface area contributed by atoms with Gasteiger partial charge in [0, 0.05) is 6.07 Å². The number of nitrogens with two attached hydrogens (primary N) is 1. The van der Waals surface area contributed by atoms with Crippen molar-refractivity contribution in [2.24, 2.45) is 10.7 Å². The lowest BCUT2D eigenvalue weighted by Gasteiger charge is -2.30.